The van der Waals surface area contributed by atoms with Gasteiger partial charge in [0.2, 0.25) is 0 Å². The van der Waals surface area contributed by atoms with Crippen LogP contribution in [0, 0.1) is 0 Å². The normalized spacial score (nSPS) is 14.0. The van der Waals surface area contributed by atoms with Crippen LogP contribution in [0.2, 0.25) is 0 Å². The molecule has 0 fully saturated rings. The van der Waals surface area contributed by atoms with E-state index in [1.165, 1.54) is 74.1 Å². The van der Waals surface area contributed by atoms with E-state index in [0.717, 1.165) is 11.4 Å². The number of rotatable bonds is 2. The molecule has 1 aromatic heterocycles. The Morgan fingerprint density at radius 2 is 1.14 bits per heavy atom. The molecular weight excluding hydrogens is 571 g/mol. The lowest BCUT2D eigenvalue weighted by Gasteiger charge is -2.40. The molecule has 0 bridgehead atoms. The molecule has 3 heteroatoms. The molecular formula is C41H25NS2. The van der Waals surface area contributed by atoms with Gasteiger partial charge in [-0.05, 0) is 92.7 Å². The van der Waals surface area contributed by atoms with E-state index >= 15 is 0 Å². The predicted molar refractivity (Wildman–Crippen MR) is 188 cm³/mol. The Morgan fingerprint density at radius 1 is 0.477 bits per heavy atom. The lowest BCUT2D eigenvalue weighted by Crippen LogP contribution is -2.32. The average Bonchev–Trinajstić information content (AvgIpc) is 3.60. The molecule has 206 valence electrons. The zero-order valence-electron chi connectivity index (χ0n) is 23.7. The SMILES string of the molecule is c1ccc2c(c1)-c1ccccc1C21c2cc(Nc3cccc4sc5ccccc5c34)ccc2Sc2cc3ccccc3cc21. The minimum Gasteiger partial charge on any atom is -0.355 e. The van der Waals surface area contributed by atoms with Gasteiger partial charge in [0, 0.05) is 41.3 Å². The molecule has 10 rings (SSSR count). The third kappa shape index (κ3) is 3.26. The van der Waals surface area contributed by atoms with Crippen LogP contribution in [0.15, 0.2) is 155 Å². The van der Waals surface area contributed by atoms with E-state index in [2.05, 4.69) is 151 Å². The van der Waals surface area contributed by atoms with Crippen molar-refractivity contribution in [2.75, 3.05) is 5.32 Å². The van der Waals surface area contributed by atoms with E-state index in [1.807, 2.05) is 23.1 Å². The Morgan fingerprint density at radius 3 is 1.95 bits per heavy atom. The number of hydrogen-bond acceptors (Lipinski definition) is 3. The summed E-state index contributed by atoms with van der Waals surface area (Å²) >= 11 is 3.76. The molecule has 0 amide bonds. The van der Waals surface area contributed by atoms with E-state index in [-0.39, 0.29) is 0 Å². The van der Waals surface area contributed by atoms with E-state index in [0.29, 0.717) is 0 Å². The molecule has 44 heavy (non-hydrogen) atoms. The molecule has 0 saturated carbocycles. The molecule has 0 unspecified atom stereocenters. The highest BCUT2D eigenvalue weighted by atomic mass is 32.2. The molecule has 7 aromatic carbocycles. The van der Waals surface area contributed by atoms with Gasteiger partial charge in [-0.1, -0.05) is 109 Å². The van der Waals surface area contributed by atoms with Crippen molar-refractivity contribution in [2.45, 2.75) is 15.2 Å². The van der Waals surface area contributed by atoms with E-state index < -0.39 is 5.41 Å². The first-order valence-corrected chi connectivity index (χ1v) is 16.6. The summed E-state index contributed by atoms with van der Waals surface area (Å²) in [4.78, 5) is 2.64. The summed E-state index contributed by atoms with van der Waals surface area (Å²) in [5, 5.41) is 9.04. The molecule has 0 saturated heterocycles. The van der Waals surface area contributed by atoms with Gasteiger partial charge in [0.05, 0.1) is 5.41 Å². The summed E-state index contributed by atoms with van der Waals surface area (Å²) in [7, 11) is 0. The second-order valence-electron chi connectivity index (χ2n) is 11.8. The lowest BCUT2D eigenvalue weighted by atomic mass is 9.67. The molecule has 1 N–H and O–H groups in total. The Hall–Kier alpha value is -4.83. The summed E-state index contributed by atoms with van der Waals surface area (Å²) in [6, 6.07) is 54.1. The van der Waals surface area contributed by atoms with Crippen LogP contribution in [0.25, 0.3) is 42.1 Å². The highest BCUT2D eigenvalue weighted by molar-refractivity contribution is 7.99. The van der Waals surface area contributed by atoms with Gasteiger partial charge < -0.3 is 5.32 Å². The monoisotopic (exact) mass is 595 g/mol. The molecule has 1 spiro atoms. The topological polar surface area (TPSA) is 12.0 Å². The van der Waals surface area contributed by atoms with Crippen molar-refractivity contribution in [3.63, 3.8) is 0 Å². The molecule has 1 nitrogen and oxygen atoms in total. The molecule has 8 aromatic rings. The van der Waals surface area contributed by atoms with Crippen molar-refractivity contribution in [3.8, 4) is 11.1 Å². The number of hydrogen-bond donors (Lipinski definition) is 1. The molecule has 1 aliphatic heterocycles. The van der Waals surface area contributed by atoms with Crippen LogP contribution >= 0.6 is 23.1 Å². The maximum absolute atomic E-state index is 3.88. The average molecular weight is 596 g/mol. The van der Waals surface area contributed by atoms with Gasteiger partial charge in [0.15, 0.2) is 0 Å². The van der Waals surface area contributed by atoms with Crippen molar-refractivity contribution in [3.05, 3.63) is 168 Å². The number of fused-ring (bicyclic) bond motifs is 13. The number of thiophene rings is 1. The fourth-order valence-electron chi connectivity index (χ4n) is 7.70. The van der Waals surface area contributed by atoms with Crippen molar-refractivity contribution in [1.29, 1.82) is 0 Å². The van der Waals surface area contributed by atoms with E-state index in [4.69, 9.17) is 0 Å². The number of nitrogens with one attached hydrogen (secondary N) is 1. The second-order valence-corrected chi connectivity index (χ2v) is 13.9. The Bertz CT molecular complexity index is 2420. The largest absolute Gasteiger partial charge is 0.355 e. The first-order chi connectivity index (χ1) is 21.8. The van der Waals surface area contributed by atoms with Crippen molar-refractivity contribution in [2.24, 2.45) is 0 Å². The minimum absolute atomic E-state index is 0.411. The van der Waals surface area contributed by atoms with Crippen LogP contribution in [-0.4, -0.2) is 0 Å². The van der Waals surface area contributed by atoms with Gasteiger partial charge in [-0.2, -0.15) is 0 Å². The van der Waals surface area contributed by atoms with Crippen LogP contribution in [0.5, 0.6) is 0 Å². The third-order valence-electron chi connectivity index (χ3n) is 9.49. The maximum atomic E-state index is 3.88. The molecule has 2 heterocycles. The molecule has 0 atom stereocenters. The molecule has 1 aliphatic carbocycles. The number of anilines is 2. The van der Waals surface area contributed by atoms with Crippen LogP contribution in [0.3, 0.4) is 0 Å². The highest BCUT2D eigenvalue weighted by Crippen LogP contribution is 2.62. The highest BCUT2D eigenvalue weighted by Gasteiger charge is 2.50. The van der Waals surface area contributed by atoms with Crippen LogP contribution in [0.4, 0.5) is 11.4 Å². The summed E-state index contributed by atoms with van der Waals surface area (Å²) in [6.07, 6.45) is 0. The van der Waals surface area contributed by atoms with Gasteiger partial charge >= 0.3 is 0 Å². The fourth-order valence-corrected chi connectivity index (χ4v) is 10.0. The molecule has 0 radical (unpaired) electrons. The zero-order chi connectivity index (χ0) is 28.8. The van der Waals surface area contributed by atoms with E-state index in [9.17, 15) is 0 Å². The Balaban J connectivity index is 1.25. The smallest absolute Gasteiger partial charge is 0.0736 e. The third-order valence-corrected chi connectivity index (χ3v) is 11.8. The standard InChI is InChI=1S/C41H25NS2/c1-2-11-26-23-39-33(22-25(26)10-1)41(31-15-6-3-12-28(31)29-13-4-7-16-32(29)41)34-24-27(20-21-37(34)44-39)42-35-17-9-19-38-40(35)30-14-5-8-18-36(30)43-38/h1-24,42H. The molecule has 2 aliphatic rings. The van der Waals surface area contributed by atoms with Crippen molar-refractivity contribution < 1.29 is 0 Å². The van der Waals surface area contributed by atoms with Gasteiger partial charge in [-0.15, -0.1) is 11.3 Å². The fraction of sp³-hybridized carbons (Fsp3) is 0.0244. The lowest BCUT2D eigenvalue weighted by molar-refractivity contribution is 0.724. The first-order valence-electron chi connectivity index (χ1n) is 15.0. The summed E-state index contributed by atoms with van der Waals surface area (Å²) in [5.41, 5.74) is 9.94. The number of benzene rings is 7. The first kappa shape index (κ1) is 24.6. The van der Waals surface area contributed by atoms with Gasteiger partial charge in [-0.25, -0.2) is 0 Å². The van der Waals surface area contributed by atoms with Gasteiger partial charge in [0.25, 0.3) is 0 Å². The van der Waals surface area contributed by atoms with E-state index in [1.54, 1.807) is 0 Å². The summed E-state index contributed by atoms with van der Waals surface area (Å²) in [5.74, 6) is 0. The minimum atomic E-state index is -0.411. The quantitative estimate of drug-likeness (QED) is 0.213. The van der Waals surface area contributed by atoms with Gasteiger partial charge in [0.1, 0.15) is 0 Å². The Kier molecular flexibility index (Phi) is 5.08. The summed E-state index contributed by atoms with van der Waals surface area (Å²) < 4.78 is 2.63. The predicted octanol–water partition coefficient (Wildman–Crippen LogP) is 11.8. The maximum Gasteiger partial charge on any atom is 0.0736 e. The van der Waals surface area contributed by atoms with Gasteiger partial charge in [-0.3, -0.25) is 0 Å². The Labute approximate surface area is 263 Å². The summed E-state index contributed by atoms with van der Waals surface area (Å²) in [6.45, 7) is 0. The van der Waals surface area contributed by atoms with Crippen molar-refractivity contribution in [1.82, 2.24) is 0 Å². The van der Waals surface area contributed by atoms with Crippen LogP contribution < -0.4 is 5.32 Å². The van der Waals surface area contributed by atoms with Crippen LogP contribution in [0.1, 0.15) is 22.3 Å². The second kappa shape index (κ2) is 9.09. The van der Waals surface area contributed by atoms with Crippen LogP contribution in [-0.2, 0) is 5.41 Å². The zero-order valence-corrected chi connectivity index (χ0v) is 25.3. The van der Waals surface area contributed by atoms with Crippen molar-refractivity contribution >= 4 is 65.4 Å².